The Morgan fingerprint density at radius 3 is 2.46 bits per heavy atom. The molecule has 0 spiro atoms. The molecule has 172 valence electrons. The minimum atomic E-state index is -0.402. The third kappa shape index (κ3) is 3.64. The first-order valence-corrected chi connectivity index (χ1v) is 11.8. The van der Waals surface area contributed by atoms with Gasteiger partial charge in [-0.25, -0.2) is 0 Å². The van der Waals surface area contributed by atoms with E-state index in [1.807, 2.05) is 12.1 Å². The van der Waals surface area contributed by atoms with Gasteiger partial charge in [-0.15, -0.1) is 0 Å². The maximum atomic E-state index is 13.3. The highest BCUT2D eigenvalue weighted by atomic mass is 16.6. The van der Waals surface area contributed by atoms with Crippen LogP contribution in [-0.4, -0.2) is 15.7 Å². The van der Waals surface area contributed by atoms with E-state index in [2.05, 4.69) is 56.3 Å². The summed E-state index contributed by atoms with van der Waals surface area (Å²) in [5, 5.41) is 11.4. The molecule has 0 radical (unpaired) electrons. The van der Waals surface area contributed by atoms with Crippen LogP contribution < -0.4 is 0 Å². The van der Waals surface area contributed by atoms with E-state index in [4.69, 9.17) is 4.98 Å². The second kappa shape index (κ2) is 7.70. The lowest BCUT2D eigenvalue weighted by Gasteiger charge is -2.31. The van der Waals surface area contributed by atoms with Crippen molar-refractivity contribution in [2.24, 2.45) is 5.41 Å². The molecule has 1 aromatic heterocycles. The van der Waals surface area contributed by atoms with E-state index in [0.29, 0.717) is 24.0 Å². The molecule has 0 unspecified atom stereocenters. The van der Waals surface area contributed by atoms with Crippen molar-refractivity contribution in [2.45, 2.75) is 33.1 Å². The summed E-state index contributed by atoms with van der Waals surface area (Å²) in [7, 11) is 0. The molecule has 0 saturated carbocycles. The van der Waals surface area contributed by atoms with Gasteiger partial charge in [0.1, 0.15) is 0 Å². The van der Waals surface area contributed by atoms with Crippen molar-refractivity contribution in [3.63, 3.8) is 0 Å². The fourth-order valence-corrected chi connectivity index (χ4v) is 5.54. The first-order valence-electron chi connectivity index (χ1n) is 11.8. The lowest BCUT2D eigenvalue weighted by molar-refractivity contribution is -0.384. The number of nitrogens with zero attached hydrogens (tertiary/aromatic N) is 2. The highest BCUT2D eigenvalue weighted by Crippen LogP contribution is 2.42. The maximum Gasteiger partial charge on any atom is 0.270 e. The Hall–Kier alpha value is -4.12. The summed E-state index contributed by atoms with van der Waals surface area (Å²) in [6.45, 7) is 4.17. The number of ketones is 1. The van der Waals surface area contributed by atoms with E-state index < -0.39 is 4.92 Å². The number of rotatable bonds is 3. The van der Waals surface area contributed by atoms with Crippen molar-refractivity contribution in [1.82, 2.24) is 4.98 Å². The number of hydrogen-bond donors (Lipinski definition) is 0. The number of carbonyl (C=O) groups excluding carboxylic acids is 1. The van der Waals surface area contributed by atoms with Gasteiger partial charge in [-0.2, -0.15) is 0 Å². The molecule has 0 atom stereocenters. The van der Waals surface area contributed by atoms with Gasteiger partial charge in [0, 0.05) is 29.7 Å². The van der Waals surface area contributed by atoms with Crippen LogP contribution in [0, 0.1) is 15.5 Å². The standard InChI is InChI=1S/C30H24N2O3/c1-30(2)16-27-29(28(33)17-30)25(19-7-5-8-22(14-19)32(34)35)15-26(31-27)20-10-11-24-21(13-20)12-18-6-3-4-9-23(18)24/h3-11,13-15H,12,16-17H2,1-2H3. The number of hydrogen-bond acceptors (Lipinski definition) is 4. The van der Waals surface area contributed by atoms with Gasteiger partial charge < -0.3 is 0 Å². The van der Waals surface area contributed by atoms with Crippen molar-refractivity contribution < 1.29 is 9.72 Å². The van der Waals surface area contributed by atoms with E-state index in [9.17, 15) is 14.9 Å². The third-order valence-corrected chi connectivity index (χ3v) is 7.12. The number of fused-ring (bicyclic) bond motifs is 4. The van der Waals surface area contributed by atoms with Crippen molar-refractivity contribution in [3.8, 4) is 33.5 Å². The Bertz CT molecular complexity index is 1550. The Morgan fingerprint density at radius 1 is 0.829 bits per heavy atom. The molecule has 5 heteroatoms. The minimum Gasteiger partial charge on any atom is -0.294 e. The average molecular weight is 461 g/mol. The summed E-state index contributed by atoms with van der Waals surface area (Å²) in [5.74, 6) is 0.0428. The first kappa shape index (κ1) is 21.4. The smallest absolute Gasteiger partial charge is 0.270 e. The van der Waals surface area contributed by atoms with Gasteiger partial charge in [-0.1, -0.05) is 62.4 Å². The summed E-state index contributed by atoms with van der Waals surface area (Å²) < 4.78 is 0. The van der Waals surface area contributed by atoms with Crippen LogP contribution in [0.4, 0.5) is 5.69 Å². The van der Waals surface area contributed by atoms with E-state index in [1.165, 1.54) is 28.3 Å². The van der Waals surface area contributed by atoms with Crippen LogP contribution >= 0.6 is 0 Å². The summed E-state index contributed by atoms with van der Waals surface area (Å²) in [5.41, 5.74) is 9.46. The zero-order valence-electron chi connectivity index (χ0n) is 19.7. The quantitative estimate of drug-likeness (QED) is 0.214. The maximum absolute atomic E-state index is 13.3. The fraction of sp³-hybridized carbons (Fsp3) is 0.200. The Morgan fingerprint density at radius 2 is 1.63 bits per heavy atom. The molecule has 6 rings (SSSR count). The number of benzene rings is 3. The Labute approximate surface area is 203 Å². The van der Waals surface area contributed by atoms with Crippen LogP contribution in [0.25, 0.3) is 33.5 Å². The van der Waals surface area contributed by atoms with Gasteiger partial charge in [-0.3, -0.25) is 19.9 Å². The summed E-state index contributed by atoms with van der Waals surface area (Å²) in [6, 6.07) is 23.3. The second-order valence-electron chi connectivity index (χ2n) is 10.3. The van der Waals surface area contributed by atoms with Crippen molar-refractivity contribution in [2.75, 3.05) is 0 Å². The summed E-state index contributed by atoms with van der Waals surface area (Å²) >= 11 is 0. The second-order valence-corrected chi connectivity index (χ2v) is 10.3. The predicted molar refractivity (Wildman–Crippen MR) is 136 cm³/mol. The molecule has 4 aromatic rings. The topological polar surface area (TPSA) is 73.1 Å². The lowest BCUT2D eigenvalue weighted by Crippen LogP contribution is -2.28. The molecule has 35 heavy (non-hydrogen) atoms. The molecule has 0 amide bonds. The zero-order chi connectivity index (χ0) is 24.3. The minimum absolute atomic E-state index is 0.00787. The molecule has 0 bridgehead atoms. The predicted octanol–water partition coefficient (Wildman–Crippen LogP) is 7.05. The van der Waals surface area contributed by atoms with E-state index in [-0.39, 0.29) is 16.9 Å². The Kier molecular flexibility index (Phi) is 4.71. The number of non-ortho nitro benzene ring substituents is 1. The highest BCUT2D eigenvalue weighted by Gasteiger charge is 2.34. The van der Waals surface area contributed by atoms with Crippen molar-refractivity contribution in [1.29, 1.82) is 0 Å². The molecule has 1 heterocycles. The van der Waals surface area contributed by atoms with Crippen LogP contribution in [0.15, 0.2) is 72.8 Å². The van der Waals surface area contributed by atoms with Gasteiger partial charge in [0.2, 0.25) is 0 Å². The van der Waals surface area contributed by atoms with E-state index in [1.54, 1.807) is 12.1 Å². The third-order valence-electron chi connectivity index (χ3n) is 7.12. The lowest BCUT2D eigenvalue weighted by atomic mass is 9.74. The Balaban J connectivity index is 1.53. The molecule has 2 aliphatic rings. The average Bonchev–Trinajstić information content (AvgIpc) is 3.20. The monoisotopic (exact) mass is 460 g/mol. The molecule has 3 aromatic carbocycles. The van der Waals surface area contributed by atoms with E-state index in [0.717, 1.165) is 28.9 Å². The van der Waals surface area contributed by atoms with E-state index >= 15 is 0 Å². The molecule has 5 nitrogen and oxygen atoms in total. The van der Waals surface area contributed by atoms with Gasteiger partial charge in [0.25, 0.3) is 5.69 Å². The molecular weight excluding hydrogens is 436 g/mol. The molecule has 0 aliphatic heterocycles. The molecule has 0 N–H and O–H groups in total. The number of aromatic nitrogens is 1. The van der Waals surface area contributed by atoms with Crippen LogP contribution in [0.3, 0.4) is 0 Å². The molecule has 2 aliphatic carbocycles. The largest absolute Gasteiger partial charge is 0.294 e. The van der Waals surface area contributed by atoms with Crippen LogP contribution in [-0.2, 0) is 12.8 Å². The highest BCUT2D eigenvalue weighted by molar-refractivity contribution is 6.05. The first-order chi connectivity index (χ1) is 16.8. The molecular formula is C30H24N2O3. The van der Waals surface area contributed by atoms with Gasteiger partial charge in [-0.05, 0) is 63.8 Å². The summed E-state index contributed by atoms with van der Waals surface area (Å²) in [6.07, 6.45) is 1.99. The zero-order valence-corrected chi connectivity index (χ0v) is 19.7. The van der Waals surface area contributed by atoms with Gasteiger partial charge in [0.15, 0.2) is 5.78 Å². The SMILES string of the molecule is CC1(C)CC(=O)c2c(-c3cccc([N+](=O)[O-])c3)cc(-c3ccc4c(c3)Cc3ccccc3-4)nc2C1. The summed E-state index contributed by atoms with van der Waals surface area (Å²) in [4.78, 5) is 29.3. The number of nitro groups is 1. The van der Waals surface area contributed by atoms with Crippen LogP contribution in [0.2, 0.25) is 0 Å². The number of carbonyl (C=O) groups is 1. The van der Waals surface area contributed by atoms with Crippen molar-refractivity contribution >= 4 is 11.5 Å². The number of pyridine rings is 1. The van der Waals surface area contributed by atoms with Crippen LogP contribution in [0.1, 0.15) is 47.4 Å². The number of nitro benzene ring substituents is 1. The fourth-order valence-electron chi connectivity index (χ4n) is 5.54. The normalized spacial score (nSPS) is 15.3. The number of Topliss-reactive ketones (excluding diaryl/α,β-unsaturated/α-hetero) is 1. The van der Waals surface area contributed by atoms with Crippen molar-refractivity contribution in [3.05, 3.63) is 105 Å². The van der Waals surface area contributed by atoms with Crippen LogP contribution in [0.5, 0.6) is 0 Å². The van der Waals surface area contributed by atoms with Gasteiger partial charge >= 0.3 is 0 Å². The van der Waals surface area contributed by atoms with Gasteiger partial charge in [0.05, 0.1) is 16.3 Å². The molecule has 0 saturated heterocycles. The molecule has 0 fully saturated rings.